The fourth-order valence-electron chi connectivity index (χ4n) is 3.88. The monoisotopic (exact) mass is 393 g/mol. The zero-order chi connectivity index (χ0) is 19.6. The third kappa shape index (κ3) is 4.16. The maximum atomic E-state index is 13.0. The normalized spacial score (nSPS) is 20.3. The van der Waals surface area contributed by atoms with Crippen LogP contribution in [0.2, 0.25) is 0 Å². The first-order valence-corrected chi connectivity index (χ1v) is 11.0. The fourth-order valence-corrected chi connectivity index (χ4v) is 4.97. The molecule has 8 heteroatoms. The highest BCUT2D eigenvalue weighted by Gasteiger charge is 2.36. The zero-order valence-corrected chi connectivity index (χ0v) is 16.7. The Balaban J connectivity index is 1.89. The number of piperidine rings is 1. The SMILES string of the molecule is CCNS(=O)(=O)c1ccc2c(c1)CN(C(C)=O)C(C(=O)N1CCCCC1)C2. The van der Waals surface area contributed by atoms with Crippen LogP contribution >= 0.6 is 0 Å². The molecule has 0 aromatic heterocycles. The second kappa shape index (κ2) is 7.98. The van der Waals surface area contributed by atoms with Crippen molar-refractivity contribution in [2.75, 3.05) is 19.6 Å². The molecule has 0 aliphatic carbocycles. The largest absolute Gasteiger partial charge is 0.341 e. The predicted molar refractivity (Wildman–Crippen MR) is 101 cm³/mol. The van der Waals surface area contributed by atoms with E-state index in [0.29, 0.717) is 13.0 Å². The van der Waals surface area contributed by atoms with Crippen LogP contribution in [-0.4, -0.2) is 55.7 Å². The van der Waals surface area contributed by atoms with Crippen LogP contribution in [0.5, 0.6) is 0 Å². The van der Waals surface area contributed by atoms with Crippen molar-refractivity contribution in [3.63, 3.8) is 0 Å². The first-order chi connectivity index (χ1) is 12.8. The summed E-state index contributed by atoms with van der Waals surface area (Å²) in [4.78, 5) is 28.9. The molecule has 1 aromatic rings. The number of benzene rings is 1. The van der Waals surface area contributed by atoms with E-state index in [0.717, 1.165) is 43.5 Å². The second-order valence-electron chi connectivity index (χ2n) is 7.18. The molecule has 148 valence electrons. The molecule has 0 spiro atoms. The first kappa shape index (κ1) is 19.8. The Morgan fingerprint density at radius 3 is 2.48 bits per heavy atom. The lowest BCUT2D eigenvalue weighted by Gasteiger charge is -2.39. The van der Waals surface area contributed by atoms with Gasteiger partial charge in [0.1, 0.15) is 6.04 Å². The summed E-state index contributed by atoms with van der Waals surface area (Å²) < 4.78 is 27.0. The van der Waals surface area contributed by atoms with Gasteiger partial charge in [0.25, 0.3) is 0 Å². The highest BCUT2D eigenvalue weighted by atomic mass is 32.2. The Morgan fingerprint density at radius 1 is 1.15 bits per heavy atom. The summed E-state index contributed by atoms with van der Waals surface area (Å²) in [6.07, 6.45) is 3.56. The Kier molecular flexibility index (Phi) is 5.86. The van der Waals surface area contributed by atoms with E-state index in [1.165, 1.54) is 6.92 Å². The van der Waals surface area contributed by atoms with Gasteiger partial charge in [-0.1, -0.05) is 13.0 Å². The Bertz CT molecular complexity index is 831. The number of carbonyl (C=O) groups excluding carboxylic acids is 2. The second-order valence-corrected chi connectivity index (χ2v) is 8.95. The molecule has 1 N–H and O–H groups in total. The van der Waals surface area contributed by atoms with Crippen molar-refractivity contribution in [2.24, 2.45) is 0 Å². The van der Waals surface area contributed by atoms with Crippen LogP contribution in [0, 0.1) is 0 Å². The lowest BCUT2D eigenvalue weighted by Crippen LogP contribution is -2.54. The summed E-state index contributed by atoms with van der Waals surface area (Å²) >= 11 is 0. The number of rotatable bonds is 4. The standard InChI is InChI=1S/C19H27N3O4S/c1-3-20-27(25,26)17-8-7-15-12-18(19(24)21-9-5-4-6-10-21)22(14(2)23)13-16(15)11-17/h7-8,11,18,20H,3-6,9-10,12-13H2,1-2H3. The number of amides is 2. The van der Waals surface area contributed by atoms with Gasteiger partial charge in [0, 0.05) is 39.5 Å². The molecule has 1 unspecified atom stereocenters. The number of carbonyl (C=O) groups is 2. The Hall–Kier alpha value is -1.93. The van der Waals surface area contributed by atoms with E-state index >= 15 is 0 Å². The van der Waals surface area contributed by atoms with Crippen LogP contribution < -0.4 is 4.72 Å². The maximum Gasteiger partial charge on any atom is 0.245 e. The van der Waals surface area contributed by atoms with E-state index < -0.39 is 16.1 Å². The molecule has 2 aliphatic rings. The van der Waals surface area contributed by atoms with Gasteiger partial charge in [-0.2, -0.15) is 0 Å². The average Bonchev–Trinajstić information content (AvgIpc) is 2.66. The molecule has 0 saturated carbocycles. The highest BCUT2D eigenvalue weighted by molar-refractivity contribution is 7.89. The summed E-state index contributed by atoms with van der Waals surface area (Å²) in [5, 5.41) is 0. The van der Waals surface area contributed by atoms with Gasteiger partial charge in [-0.25, -0.2) is 13.1 Å². The molecule has 1 saturated heterocycles. The molecule has 1 atom stereocenters. The quantitative estimate of drug-likeness (QED) is 0.835. The van der Waals surface area contributed by atoms with Gasteiger partial charge in [-0.3, -0.25) is 9.59 Å². The van der Waals surface area contributed by atoms with Gasteiger partial charge in [-0.05, 0) is 42.5 Å². The number of nitrogens with one attached hydrogen (secondary N) is 1. The lowest BCUT2D eigenvalue weighted by atomic mass is 9.92. The average molecular weight is 394 g/mol. The number of likely N-dealkylation sites (tertiary alicyclic amines) is 1. The molecule has 2 aliphatic heterocycles. The third-order valence-corrected chi connectivity index (χ3v) is 6.85. The summed E-state index contributed by atoms with van der Waals surface area (Å²) in [6, 6.07) is 4.45. The summed E-state index contributed by atoms with van der Waals surface area (Å²) in [6.45, 7) is 5.24. The van der Waals surface area contributed by atoms with E-state index in [9.17, 15) is 18.0 Å². The number of nitrogens with zero attached hydrogens (tertiary/aromatic N) is 2. The van der Waals surface area contributed by atoms with Gasteiger partial charge in [0.05, 0.1) is 4.90 Å². The fraction of sp³-hybridized carbons (Fsp3) is 0.579. The van der Waals surface area contributed by atoms with Gasteiger partial charge in [0.2, 0.25) is 21.8 Å². The van der Waals surface area contributed by atoms with Crippen molar-refractivity contribution in [1.82, 2.24) is 14.5 Å². The molecular formula is C19H27N3O4S. The summed E-state index contributed by atoms with van der Waals surface area (Å²) in [5.74, 6) is -0.171. The zero-order valence-electron chi connectivity index (χ0n) is 15.9. The van der Waals surface area contributed by atoms with Crippen molar-refractivity contribution < 1.29 is 18.0 Å². The molecule has 1 fully saturated rings. The van der Waals surface area contributed by atoms with Gasteiger partial charge in [-0.15, -0.1) is 0 Å². The topological polar surface area (TPSA) is 86.8 Å². The molecule has 0 radical (unpaired) electrons. The van der Waals surface area contributed by atoms with Crippen molar-refractivity contribution in [3.8, 4) is 0 Å². The van der Waals surface area contributed by atoms with E-state index in [1.54, 1.807) is 30.0 Å². The molecular weight excluding hydrogens is 366 g/mol. The smallest absolute Gasteiger partial charge is 0.245 e. The van der Waals surface area contributed by atoms with Crippen LogP contribution in [0.1, 0.15) is 44.2 Å². The van der Waals surface area contributed by atoms with Crippen LogP contribution in [0.4, 0.5) is 0 Å². The van der Waals surface area contributed by atoms with E-state index in [4.69, 9.17) is 0 Å². The first-order valence-electron chi connectivity index (χ1n) is 9.51. The lowest BCUT2D eigenvalue weighted by molar-refractivity contribution is -0.146. The number of sulfonamides is 1. The molecule has 7 nitrogen and oxygen atoms in total. The minimum atomic E-state index is -3.56. The molecule has 0 bridgehead atoms. The van der Waals surface area contributed by atoms with E-state index in [-0.39, 0.29) is 23.3 Å². The summed E-state index contributed by atoms with van der Waals surface area (Å²) in [5.41, 5.74) is 1.71. The minimum absolute atomic E-state index is 0.0000947. The van der Waals surface area contributed by atoms with Gasteiger partial charge < -0.3 is 9.80 Å². The Labute approximate surface area is 160 Å². The number of hydrogen-bond donors (Lipinski definition) is 1. The van der Waals surface area contributed by atoms with Crippen molar-refractivity contribution in [1.29, 1.82) is 0 Å². The Morgan fingerprint density at radius 2 is 1.85 bits per heavy atom. The van der Waals surface area contributed by atoms with Crippen molar-refractivity contribution >= 4 is 21.8 Å². The molecule has 27 heavy (non-hydrogen) atoms. The van der Waals surface area contributed by atoms with Crippen LogP contribution in [0.15, 0.2) is 23.1 Å². The van der Waals surface area contributed by atoms with E-state index in [1.807, 2.05) is 4.90 Å². The minimum Gasteiger partial charge on any atom is -0.341 e. The van der Waals surface area contributed by atoms with Crippen LogP contribution in [-0.2, 0) is 32.6 Å². The summed E-state index contributed by atoms with van der Waals surface area (Å²) in [7, 11) is -3.56. The van der Waals surface area contributed by atoms with Crippen LogP contribution in [0.3, 0.4) is 0 Å². The van der Waals surface area contributed by atoms with E-state index in [2.05, 4.69) is 4.72 Å². The van der Waals surface area contributed by atoms with Crippen molar-refractivity contribution in [3.05, 3.63) is 29.3 Å². The predicted octanol–water partition coefficient (Wildman–Crippen LogP) is 1.27. The molecule has 1 aromatic carbocycles. The number of hydrogen-bond acceptors (Lipinski definition) is 4. The van der Waals surface area contributed by atoms with Crippen LogP contribution in [0.25, 0.3) is 0 Å². The van der Waals surface area contributed by atoms with Gasteiger partial charge in [0.15, 0.2) is 0 Å². The molecule has 2 amide bonds. The molecule has 3 rings (SSSR count). The number of fused-ring (bicyclic) bond motifs is 1. The third-order valence-electron chi connectivity index (χ3n) is 5.31. The molecule has 2 heterocycles. The maximum absolute atomic E-state index is 13.0. The van der Waals surface area contributed by atoms with Crippen molar-refractivity contribution in [2.45, 2.75) is 57.0 Å². The highest BCUT2D eigenvalue weighted by Crippen LogP contribution is 2.27. The van der Waals surface area contributed by atoms with Gasteiger partial charge >= 0.3 is 0 Å².